The minimum absolute atomic E-state index is 0.0196. The molecule has 0 saturated heterocycles. The first-order chi connectivity index (χ1) is 9.08. The molecule has 0 atom stereocenters. The number of nitrogens with zero attached hydrogens (tertiary/aromatic N) is 2. The van der Waals surface area contributed by atoms with Gasteiger partial charge in [0.05, 0.1) is 0 Å². The molecule has 1 aromatic carbocycles. The van der Waals surface area contributed by atoms with Gasteiger partial charge < -0.3 is 15.7 Å². The molecule has 1 heterocycles. The zero-order valence-electron chi connectivity index (χ0n) is 10.2. The summed E-state index contributed by atoms with van der Waals surface area (Å²) in [5.74, 6) is 1.07. The van der Waals surface area contributed by atoms with Gasteiger partial charge in [0.2, 0.25) is 5.88 Å². The molecule has 0 aliphatic carbocycles. The number of ether oxygens (including phenoxy) is 1. The fraction of sp³-hybridized carbons (Fsp3) is 0.0769. The van der Waals surface area contributed by atoms with Crippen LogP contribution in [-0.2, 0) is 0 Å². The maximum Gasteiger partial charge on any atom is 0.220 e. The van der Waals surface area contributed by atoms with E-state index in [1.165, 1.54) is 0 Å². The Morgan fingerprint density at radius 2 is 2.00 bits per heavy atom. The Hall–Kier alpha value is -2.08. The van der Waals surface area contributed by atoms with E-state index in [-0.39, 0.29) is 5.84 Å². The van der Waals surface area contributed by atoms with Crippen LogP contribution in [0, 0.1) is 6.92 Å². The summed E-state index contributed by atoms with van der Waals surface area (Å²) in [6, 6.07) is 10.7. The molecule has 0 spiro atoms. The fourth-order valence-electron chi connectivity index (χ4n) is 1.52. The largest absolute Gasteiger partial charge is 0.439 e. The summed E-state index contributed by atoms with van der Waals surface area (Å²) in [5, 5.41) is 11.7. The lowest BCUT2D eigenvalue weighted by atomic mass is 10.2. The molecule has 2 aromatic rings. The third-order valence-electron chi connectivity index (χ3n) is 2.37. The molecule has 0 aliphatic heterocycles. The zero-order chi connectivity index (χ0) is 13.8. The zero-order valence-corrected chi connectivity index (χ0v) is 11.8. The molecule has 0 bridgehead atoms. The second-order valence-corrected chi connectivity index (χ2v) is 4.79. The van der Waals surface area contributed by atoms with Crippen LogP contribution in [0.2, 0.25) is 0 Å². The van der Waals surface area contributed by atoms with Crippen molar-refractivity contribution in [1.29, 1.82) is 0 Å². The van der Waals surface area contributed by atoms with E-state index in [0.717, 1.165) is 10.2 Å². The number of amidine groups is 1. The molecule has 0 fully saturated rings. The molecule has 0 unspecified atom stereocenters. The first kappa shape index (κ1) is 13.4. The van der Waals surface area contributed by atoms with Crippen molar-refractivity contribution in [2.45, 2.75) is 6.92 Å². The Kier molecular flexibility index (Phi) is 4.01. The number of hydrogen-bond acceptors (Lipinski definition) is 4. The number of hydrogen-bond donors (Lipinski definition) is 2. The lowest BCUT2D eigenvalue weighted by Crippen LogP contribution is -2.13. The fourth-order valence-corrected chi connectivity index (χ4v) is 1.78. The highest BCUT2D eigenvalue weighted by Crippen LogP contribution is 2.23. The molecular weight excluding hydrogens is 310 g/mol. The number of oxime groups is 1. The molecule has 98 valence electrons. The van der Waals surface area contributed by atoms with Gasteiger partial charge in [0.25, 0.3) is 0 Å². The normalized spacial score (nSPS) is 11.4. The van der Waals surface area contributed by atoms with E-state index in [2.05, 4.69) is 26.1 Å². The van der Waals surface area contributed by atoms with Crippen molar-refractivity contribution in [3.8, 4) is 11.6 Å². The standard InChI is InChI=1S/C13H12BrN3O2/c1-8-6-9(13(15)17-18)7-12(16-8)19-11-4-2-10(14)3-5-11/h2-7,18H,1H3,(H2,15,17). The monoisotopic (exact) mass is 321 g/mol. The SMILES string of the molecule is Cc1cc(/C(N)=N/O)cc(Oc2ccc(Br)cc2)n1. The van der Waals surface area contributed by atoms with Gasteiger partial charge in [-0.25, -0.2) is 4.98 Å². The second kappa shape index (κ2) is 5.71. The van der Waals surface area contributed by atoms with Crippen LogP contribution in [0.15, 0.2) is 46.0 Å². The molecule has 2 rings (SSSR count). The molecule has 3 N–H and O–H groups in total. The van der Waals surface area contributed by atoms with Gasteiger partial charge in [-0.3, -0.25) is 0 Å². The van der Waals surface area contributed by atoms with Crippen LogP contribution < -0.4 is 10.5 Å². The van der Waals surface area contributed by atoms with Gasteiger partial charge in [-0.05, 0) is 37.3 Å². The topological polar surface area (TPSA) is 80.7 Å². The summed E-state index contributed by atoms with van der Waals surface area (Å²) in [4.78, 5) is 4.24. The van der Waals surface area contributed by atoms with Crippen LogP contribution in [0.1, 0.15) is 11.3 Å². The van der Waals surface area contributed by atoms with Crippen molar-refractivity contribution in [3.05, 3.63) is 52.1 Å². The summed E-state index contributed by atoms with van der Waals surface area (Å²) in [6.07, 6.45) is 0. The number of pyridine rings is 1. The predicted octanol–water partition coefficient (Wildman–Crippen LogP) is 3.04. The van der Waals surface area contributed by atoms with Gasteiger partial charge in [0.1, 0.15) is 5.75 Å². The Morgan fingerprint density at radius 1 is 1.32 bits per heavy atom. The van der Waals surface area contributed by atoms with Crippen molar-refractivity contribution in [2.75, 3.05) is 0 Å². The molecule has 0 radical (unpaired) electrons. The number of halogens is 1. The van der Waals surface area contributed by atoms with E-state index in [9.17, 15) is 0 Å². The Bertz CT molecular complexity index is 612. The number of nitrogens with two attached hydrogens (primary N) is 1. The molecule has 0 saturated carbocycles. The number of benzene rings is 1. The first-order valence-electron chi connectivity index (χ1n) is 5.48. The van der Waals surface area contributed by atoms with Crippen LogP contribution in [0.5, 0.6) is 11.6 Å². The predicted molar refractivity (Wildman–Crippen MR) is 75.7 cm³/mol. The Balaban J connectivity index is 2.30. The van der Waals surface area contributed by atoms with Gasteiger partial charge in [-0.2, -0.15) is 0 Å². The average molecular weight is 322 g/mol. The maximum absolute atomic E-state index is 8.69. The summed E-state index contributed by atoms with van der Waals surface area (Å²) >= 11 is 3.35. The van der Waals surface area contributed by atoms with Crippen LogP contribution in [-0.4, -0.2) is 16.0 Å². The highest BCUT2D eigenvalue weighted by molar-refractivity contribution is 9.10. The maximum atomic E-state index is 8.69. The third-order valence-corrected chi connectivity index (χ3v) is 2.90. The van der Waals surface area contributed by atoms with Crippen molar-refractivity contribution in [1.82, 2.24) is 4.98 Å². The Morgan fingerprint density at radius 3 is 2.63 bits per heavy atom. The van der Waals surface area contributed by atoms with Crippen molar-refractivity contribution in [3.63, 3.8) is 0 Å². The molecule has 19 heavy (non-hydrogen) atoms. The summed E-state index contributed by atoms with van der Waals surface area (Å²) in [5.41, 5.74) is 6.83. The minimum atomic E-state index is 0.0196. The molecular formula is C13H12BrN3O2. The second-order valence-electron chi connectivity index (χ2n) is 3.88. The highest BCUT2D eigenvalue weighted by Gasteiger charge is 2.06. The molecule has 0 amide bonds. The van der Waals surface area contributed by atoms with Gasteiger partial charge in [-0.1, -0.05) is 21.1 Å². The highest BCUT2D eigenvalue weighted by atomic mass is 79.9. The Labute approximate surface area is 118 Å². The van der Waals surface area contributed by atoms with E-state index in [1.807, 2.05) is 31.2 Å². The van der Waals surface area contributed by atoms with Crippen LogP contribution in [0.3, 0.4) is 0 Å². The first-order valence-corrected chi connectivity index (χ1v) is 6.28. The smallest absolute Gasteiger partial charge is 0.220 e. The van der Waals surface area contributed by atoms with E-state index < -0.39 is 0 Å². The quantitative estimate of drug-likeness (QED) is 0.394. The van der Waals surface area contributed by atoms with Crippen molar-refractivity contribution < 1.29 is 9.94 Å². The molecule has 0 aliphatic rings. The third kappa shape index (κ3) is 3.45. The van der Waals surface area contributed by atoms with E-state index in [4.69, 9.17) is 15.7 Å². The van der Waals surface area contributed by atoms with Crippen LogP contribution in [0.4, 0.5) is 0 Å². The lowest BCUT2D eigenvalue weighted by molar-refractivity contribution is 0.318. The number of aryl methyl sites for hydroxylation is 1. The summed E-state index contributed by atoms with van der Waals surface area (Å²) in [7, 11) is 0. The van der Waals surface area contributed by atoms with E-state index >= 15 is 0 Å². The molecule has 1 aromatic heterocycles. The summed E-state index contributed by atoms with van der Waals surface area (Å²) in [6.45, 7) is 1.81. The molecule has 5 nitrogen and oxygen atoms in total. The van der Waals surface area contributed by atoms with Crippen LogP contribution >= 0.6 is 15.9 Å². The van der Waals surface area contributed by atoms with Gasteiger partial charge in [0.15, 0.2) is 5.84 Å². The minimum Gasteiger partial charge on any atom is -0.439 e. The van der Waals surface area contributed by atoms with E-state index in [0.29, 0.717) is 17.2 Å². The van der Waals surface area contributed by atoms with Crippen LogP contribution in [0.25, 0.3) is 0 Å². The number of aromatic nitrogens is 1. The number of rotatable bonds is 3. The van der Waals surface area contributed by atoms with Gasteiger partial charge in [0, 0.05) is 21.8 Å². The van der Waals surface area contributed by atoms with Crippen molar-refractivity contribution >= 4 is 21.8 Å². The van der Waals surface area contributed by atoms with Gasteiger partial charge >= 0.3 is 0 Å². The van der Waals surface area contributed by atoms with Gasteiger partial charge in [-0.15, -0.1) is 0 Å². The van der Waals surface area contributed by atoms with E-state index in [1.54, 1.807) is 12.1 Å². The summed E-state index contributed by atoms with van der Waals surface area (Å²) < 4.78 is 6.59. The van der Waals surface area contributed by atoms with Crippen molar-refractivity contribution in [2.24, 2.45) is 10.9 Å². The average Bonchev–Trinajstić information content (AvgIpc) is 2.40. The lowest BCUT2D eigenvalue weighted by Gasteiger charge is -2.07. The molecule has 6 heteroatoms.